The maximum absolute atomic E-state index is 13.5. The Morgan fingerprint density at radius 3 is 2.54 bits per heavy atom. The lowest BCUT2D eigenvalue weighted by molar-refractivity contribution is -0.123. The summed E-state index contributed by atoms with van der Waals surface area (Å²) in [6.07, 6.45) is 0. The first-order chi connectivity index (χ1) is 12.6. The van der Waals surface area contributed by atoms with Crippen LogP contribution in [0.2, 0.25) is 0 Å². The normalized spacial score (nSPS) is 10.2. The van der Waals surface area contributed by atoms with Crippen molar-refractivity contribution in [2.75, 3.05) is 11.9 Å². The maximum Gasteiger partial charge on any atom is 0.276 e. The average molecular weight is 369 g/mol. The monoisotopic (exact) mass is 369 g/mol. The Kier molecular flexibility index (Phi) is 5.60. The average Bonchev–Trinajstić information content (AvgIpc) is 2.66. The highest BCUT2D eigenvalue weighted by molar-refractivity contribution is 7.80. The van der Waals surface area contributed by atoms with Gasteiger partial charge in [-0.2, -0.15) is 0 Å². The van der Waals surface area contributed by atoms with Crippen LogP contribution in [0.25, 0.3) is 10.8 Å². The van der Waals surface area contributed by atoms with Crippen LogP contribution in [0.3, 0.4) is 0 Å². The summed E-state index contributed by atoms with van der Waals surface area (Å²) in [6, 6.07) is 19.5. The molecule has 0 fully saturated rings. The minimum Gasteiger partial charge on any atom is -0.483 e. The second-order valence-electron chi connectivity index (χ2n) is 5.37. The third kappa shape index (κ3) is 4.46. The zero-order valence-corrected chi connectivity index (χ0v) is 14.5. The van der Waals surface area contributed by atoms with Crippen molar-refractivity contribution < 1.29 is 13.9 Å². The molecule has 0 aliphatic rings. The van der Waals surface area contributed by atoms with Crippen LogP contribution < -0.4 is 20.9 Å². The van der Waals surface area contributed by atoms with Crippen molar-refractivity contribution in [2.45, 2.75) is 0 Å². The second-order valence-corrected chi connectivity index (χ2v) is 5.78. The third-order valence-corrected chi connectivity index (χ3v) is 3.75. The van der Waals surface area contributed by atoms with Crippen LogP contribution in [-0.2, 0) is 4.79 Å². The number of thiocarbonyl (C=S) groups is 1. The highest BCUT2D eigenvalue weighted by Crippen LogP contribution is 2.24. The number of ether oxygens (including phenoxy) is 1. The first kappa shape index (κ1) is 17.6. The number of para-hydroxylation sites is 1. The Balaban J connectivity index is 1.50. The van der Waals surface area contributed by atoms with Gasteiger partial charge in [0.2, 0.25) is 0 Å². The number of hydrogen-bond donors (Lipinski definition) is 3. The van der Waals surface area contributed by atoms with Crippen LogP contribution in [0.4, 0.5) is 10.1 Å². The predicted octanol–water partition coefficient (Wildman–Crippen LogP) is 3.38. The van der Waals surface area contributed by atoms with Crippen LogP contribution in [0, 0.1) is 5.82 Å². The molecule has 5 nitrogen and oxygen atoms in total. The molecule has 0 heterocycles. The lowest BCUT2D eigenvalue weighted by Crippen LogP contribution is -2.45. The van der Waals surface area contributed by atoms with Crippen molar-refractivity contribution in [1.29, 1.82) is 0 Å². The SMILES string of the molecule is O=C(COc1cccc2ccccc12)NNC(=S)Nc1ccccc1F. The first-order valence-corrected chi connectivity index (χ1v) is 8.25. The number of rotatable bonds is 4. The number of anilines is 1. The van der Waals surface area contributed by atoms with Gasteiger partial charge in [-0.05, 0) is 35.8 Å². The molecule has 26 heavy (non-hydrogen) atoms. The Hall–Kier alpha value is -3.19. The second kappa shape index (κ2) is 8.26. The van der Waals surface area contributed by atoms with Gasteiger partial charge in [0.25, 0.3) is 5.91 Å². The largest absolute Gasteiger partial charge is 0.483 e. The molecule has 3 aromatic rings. The molecule has 0 radical (unpaired) electrons. The van der Waals surface area contributed by atoms with Gasteiger partial charge in [-0.15, -0.1) is 0 Å². The van der Waals surface area contributed by atoms with Gasteiger partial charge in [0.15, 0.2) is 11.7 Å². The minimum atomic E-state index is -0.442. The van der Waals surface area contributed by atoms with Gasteiger partial charge >= 0.3 is 0 Å². The van der Waals surface area contributed by atoms with Crippen molar-refractivity contribution in [1.82, 2.24) is 10.9 Å². The van der Waals surface area contributed by atoms with E-state index in [9.17, 15) is 9.18 Å². The molecule has 0 aliphatic carbocycles. The van der Waals surface area contributed by atoms with Crippen molar-refractivity contribution in [2.24, 2.45) is 0 Å². The van der Waals surface area contributed by atoms with Gasteiger partial charge in [-0.1, -0.05) is 48.5 Å². The van der Waals surface area contributed by atoms with E-state index >= 15 is 0 Å². The molecular formula is C19H16FN3O2S. The molecule has 1 amide bonds. The van der Waals surface area contributed by atoms with Crippen LogP contribution in [0.1, 0.15) is 0 Å². The number of fused-ring (bicyclic) bond motifs is 1. The summed E-state index contributed by atoms with van der Waals surface area (Å²) in [4.78, 5) is 11.9. The summed E-state index contributed by atoms with van der Waals surface area (Å²) >= 11 is 5.01. The molecule has 0 aliphatic heterocycles. The highest BCUT2D eigenvalue weighted by atomic mass is 32.1. The Labute approximate surface area is 155 Å². The van der Waals surface area contributed by atoms with E-state index in [-0.39, 0.29) is 17.4 Å². The van der Waals surface area contributed by atoms with E-state index in [1.54, 1.807) is 18.2 Å². The summed E-state index contributed by atoms with van der Waals surface area (Å²) in [6.45, 7) is -0.191. The van der Waals surface area contributed by atoms with E-state index in [1.165, 1.54) is 12.1 Å². The lowest BCUT2D eigenvalue weighted by atomic mass is 10.1. The molecule has 3 rings (SSSR count). The molecule has 3 N–H and O–H groups in total. The van der Waals surface area contributed by atoms with Crippen molar-refractivity contribution in [3.63, 3.8) is 0 Å². The summed E-state index contributed by atoms with van der Waals surface area (Å²) in [5.74, 6) is -0.247. The zero-order valence-electron chi connectivity index (χ0n) is 13.7. The van der Waals surface area contributed by atoms with Gasteiger partial charge in [0.1, 0.15) is 11.6 Å². The quantitative estimate of drug-likeness (QED) is 0.486. The fourth-order valence-electron chi connectivity index (χ4n) is 2.34. The topological polar surface area (TPSA) is 62.4 Å². The number of benzene rings is 3. The van der Waals surface area contributed by atoms with Gasteiger partial charge < -0.3 is 10.1 Å². The highest BCUT2D eigenvalue weighted by Gasteiger charge is 2.07. The van der Waals surface area contributed by atoms with Crippen molar-refractivity contribution in [3.05, 3.63) is 72.5 Å². The van der Waals surface area contributed by atoms with E-state index in [0.717, 1.165) is 10.8 Å². The third-order valence-electron chi connectivity index (χ3n) is 3.55. The predicted molar refractivity (Wildman–Crippen MR) is 103 cm³/mol. The number of hydrazine groups is 1. The number of hydrogen-bond acceptors (Lipinski definition) is 3. The Bertz CT molecular complexity index is 943. The maximum atomic E-state index is 13.5. The summed E-state index contributed by atoms with van der Waals surface area (Å²) in [7, 11) is 0. The number of nitrogens with one attached hydrogen (secondary N) is 3. The number of carbonyl (C=O) groups excluding carboxylic acids is 1. The molecule has 132 valence electrons. The number of carbonyl (C=O) groups is 1. The summed E-state index contributed by atoms with van der Waals surface area (Å²) in [5, 5.41) is 4.67. The van der Waals surface area contributed by atoms with Crippen LogP contribution in [-0.4, -0.2) is 17.6 Å². The van der Waals surface area contributed by atoms with Gasteiger partial charge in [0, 0.05) is 5.39 Å². The molecule has 3 aromatic carbocycles. The van der Waals surface area contributed by atoms with E-state index in [1.807, 2.05) is 36.4 Å². The lowest BCUT2D eigenvalue weighted by Gasteiger charge is -2.13. The zero-order chi connectivity index (χ0) is 18.4. The molecule has 0 spiro atoms. The van der Waals surface area contributed by atoms with Crippen LogP contribution >= 0.6 is 12.2 Å². The molecule has 0 saturated carbocycles. The van der Waals surface area contributed by atoms with E-state index in [0.29, 0.717) is 5.75 Å². The molecule has 0 aromatic heterocycles. The molecule has 0 unspecified atom stereocenters. The smallest absolute Gasteiger partial charge is 0.276 e. The summed E-state index contributed by atoms with van der Waals surface area (Å²) < 4.78 is 19.1. The van der Waals surface area contributed by atoms with E-state index in [2.05, 4.69) is 16.2 Å². The fourth-order valence-corrected chi connectivity index (χ4v) is 2.50. The Morgan fingerprint density at radius 2 is 1.69 bits per heavy atom. The van der Waals surface area contributed by atoms with E-state index in [4.69, 9.17) is 17.0 Å². The number of halogens is 1. The van der Waals surface area contributed by atoms with Gasteiger partial charge in [-0.25, -0.2) is 4.39 Å². The first-order valence-electron chi connectivity index (χ1n) is 7.84. The Morgan fingerprint density at radius 1 is 0.962 bits per heavy atom. The van der Waals surface area contributed by atoms with Crippen LogP contribution in [0.5, 0.6) is 5.75 Å². The number of amides is 1. The molecule has 0 atom stereocenters. The minimum absolute atomic E-state index is 0.0635. The van der Waals surface area contributed by atoms with E-state index < -0.39 is 11.7 Å². The summed E-state index contributed by atoms with van der Waals surface area (Å²) in [5.41, 5.74) is 5.12. The van der Waals surface area contributed by atoms with Gasteiger partial charge in [-0.3, -0.25) is 15.6 Å². The standard InChI is InChI=1S/C19H16FN3O2S/c20-15-9-3-4-10-16(15)21-19(26)23-22-18(24)12-25-17-11-5-7-13-6-1-2-8-14(13)17/h1-11H,12H2,(H,22,24)(H2,21,23,26). The molecular weight excluding hydrogens is 353 g/mol. The molecule has 7 heteroatoms. The van der Waals surface area contributed by atoms with Crippen molar-refractivity contribution in [3.8, 4) is 5.75 Å². The van der Waals surface area contributed by atoms with Gasteiger partial charge in [0.05, 0.1) is 5.69 Å². The van der Waals surface area contributed by atoms with Crippen molar-refractivity contribution >= 4 is 39.7 Å². The fraction of sp³-hybridized carbons (Fsp3) is 0.0526. The van der Waals surface area contributed by atoms with Crippen LogP contribution in [0.15, 0.2) is 66.7 Å². The molecule has 0 bridgehead atoms. The molecule has 0 saturated heterocycles.